The number of aryl methyl sites for hydroxylation is 1. The van der Waals surface area contributed by atoms with Gasteiger partial charge in [-0.3, -0.25) is 0 Å². The second-order valence-corrected chi connectivity index (χ2v) is 10.6. The first-order valence-electron chi connectivity index (χ1n) is 11.2. The zero-order valence-electron chi connectivity index (χ0n) is 19.2. The van der Waals surface area contributed by atoms with Crippen LogP contribution in [-0.4, -0.2) is 43.6 Å². The van der Waals surface area contributed by atoms with Crippen LogP contribution in [0.3, 0.4) is 0 Å². The molecule has 1 atom stereocenters. The number of aromatic nitrogens is 1. The van der Waals surface area contributed by atoms with E-state index in [9.17, 15) is 8.42 Å². The van der Waals surface area contributed by atoms with Crippen molar-refractivity contribution in [1.82, 2.24) is 8.87 Å². The Morgan fingerprint density at radius 3 is 2.53 bits per heavy atom. The van der Waals surface area contributed by atoms with E-state index in [2.05, 4.69) is 35.9 Å². The third kappa shape index (κ3) is 4.42. The van der Waals surface area contributed by atoms with Gasteiger partial charge in [0.1, 0.15) is 5.75 Å². The quantitative estimate of drug-likeness (QED) is 0.490. The van der Waals surface area contributed by atoms with Gasteiger partial charge in [0.25, 0.3) is 0 Å². The van der Waals surface area contributed by atoms with Gasteiger partial charge in [0.15, 0.2) is 0 Å². The van der Waals surface area contributed by atoms with E-state index in [1.807, 2.05) is 13.8 Å². The Labute approximate surface area is 190 Å². The number of fused-ring (bicyclic) bond motifs is 1. The minimum atomic E-state index is -3.54. The largest absolute Gasteiger partial charge is 0.491 e. The molecule has 1 aliphatic heterocycles. The molecule has 0 saturated carbocycles. The number of ether oxygens (including phenoxy) is 2. The fourth-order valence-electron chi connectivity index (χ4n) is 4.52. The van der Waals surface area contributed by atoms with Gasteiger partial charge in [0.2, 0.25) is 10.0 Å². The first kappa shape index (κ1) is 22.8. The Morgan fingerprint density at radius 2 is 1.88 bits per heavy atom. The van der Waals surface area contributed by atoms with Crippen LogP contribution in [0.2, 0.25) is 0 Å². The zero-order valence-corrected chi connectivity index (χ0v) is 20.1. The number of sulfonamides is 1. The molecule has 1 saturated heterocycles. The molecule has 0 bridgehead atoms. The highest BCUT2D eigenvalue weighted by atomic mass is 32.2. The molecule has 2 aromatic carbocycles. The van der Waals surface area contributed by atoms with Crippen molar-refractivity contribution in [3.63, 3.8) is 0 Å². The molecule has 172 valence electrons. The number of nitrogens with zero attached hydrogens (tertiary/aromatic N) is 2. The third-order valence-corrected chi connectivity index (χ3v) is 7.93. The van der Waals surface area contributed by atoms with Gasteiger partial charge >= 0.3 is 0 Å². The Kier molecular flexibility index (Phi) is 6.60. The van der Waals surface area contributed by atoms with E-state index in [0.717, 1.165) is 18.5 Å². The number of methoxy groups -OCH3 is 1. The number of rotatable bonds is 8. The highest BCUT2D eigenvalue weighted by Crippen LogP contribution is 2.36. The Bertz CT molecular complexity index is 1180. The highest BCUT2D eigenvalue weighted by molar-refractivity contribution is 7.89. The lowest BCUT2D eigenvalue weighted by molar-refractivity contribution is 0.185. The molecule has 1 aliphatic rings. The lowest BCUT2D eigenvalue weighted by atomic mass is 9.97. The summed E-state index contributed by atoms with van der Waals surface area (Å²) in [4.78, 5) is 0.314. The first-order valence-corrected chi connectivity index (χ1v) is 12.6. The van der Waals surface area contributed by atoms with E-state index in [1.54, 1.807) is 35.7 Å². The predicted octanol–water partition coefficient (Wildman–Crippen LogP) is 4.77. The van der Waals surface area contributed by atoms with Gasteiger partial charge in [-0.05, 0) is 68.7 Å². The maximum absolute atomic E-state index is 13.3. The average molecular weight is 457 g/mol. The maximum atomic E-state index is 13.3. The van der Waals surface area contributed by atoms with Crippen LogP contribution in [0.4, 0.5) is 0 Å². The summed E-state index contributed by atoms with van der Waals surface area (Å²) in [6.07, 6.45) is 3.06. The van der Waals surface area contributed by atoms with Gasteiger partial charge in [-0.15, -0.1) is 0 Å². The standard InChI is InChI=1S/C25H32N2O4S/c1-5-26-16-24(23-11-6-19(17-30-4)14-25(23)26)20-12-13-27(15-20)32(28,29)22-9-7-21(8-10-22)31-18(2)3/h6-11,14,16,18,20H,5,12-13,15,17H2,1-4H3. The first-order chi connectivity index (χ1) is 15.3. The van der Waals surface area contributed by atoms with E-state index in [1.165, 1.54) is 16.5 Å². The van der Waals surface area contributed by atoms with Crippen LogP contribution in [0.15, 0.2) is 53.6 Å². The summed E-state index contributed by atoms with van der Waals surface area (Å²) in [5.41, 5.74) is 3.54. The maximum Gasteiger partial charge on any atom is 0.243 e. The molecule has 6 nitrogen and oxygen atoms in total. The highest BCUT2D eigenvalue weighted by Gasteiger charge is 2.34. The van der Waals surface area contributed by atoms with Crippen molar-refractivity contribution in [2.45, 2.75) is 57.3 Å². The predicted molar refractivity (Wildman–Crippen MR) is 127 cm³/mol. The molecule has 1 unspecified atom stereocenters. The molecule has 2 heterocycles. The fourth-order valence-corrected chi connectivity index (χ4v) is 6.02. The summed E-state index contributed by atoms with van der Waals surface area (Å²) in [6, 6.07) is 13.2. The number of benzene rings is 2. The van der Waals surface area contributed by atoms with Gasteiger partial charge in [0, 0.05) is 49.8 Å². The zero-order chi connectivity index (χ0) is 22.9. The van der Waals surface area contributed by atoms with Gasteiger partial charge in [0.05, 0.1) is 17.6 Å². The lowest BCUT2D eigenvalue weighted by Crippen LogP contribution is -2.28. The van der Waals surface area contributed by atoms with Crippen molar-refractivity contribution < 1.29 is 17.9 Å². The molecule has 0 N–H and O–H groups in total. The Hall–Kier alpha value is -2.35. The van der Waals surface area contributed by atoms with E-state index in [4.69, 9.17) is 9.47 Å². The van der Waals surface area contributed by atoms with E-state index in [0.29, 0.717) is 30.3 Å². The number of hydrogen-bond donors (Lipinski definition) is 0. The van der Waals surface area contributed by atoms with Crippen LogP contribution < -0.4 is 4.74 Å². The van der Waals surface area contributed by atoms with Crippen molar-refractivity contribution in [2.24, 2.45) is 0 Å². The molecule has 0 aliphatic carbocycles. The van der Waals surface area contributed by atoms with Gasteiger partial charge in [-0.1, -0.05) is 12.1 Å². The summed E-state index contributed by atoms with van der Waals surface area (Å²) in [7, 11) is -1.84. The molecule has 0 radical (unpaired) electrons. The summed E-state index contributed by atoms with van der Waals surface area (Å²) < 4.78 is 41.3. The average Bonchev–Trinajstić information content (AvgIpc) is 3.39. The molecular formula is C25H32N2O4S. The molecule has 0 amide bonds. The van der Waals surface area contributed by atoms with E-state index < -0.39 is 10.0 Å². The molecule has 1 aromatic heterocycles. The third-order valence-electron chi connectivity index (χ3n) is 6.05. The minimum Gasteiger partial charge on any atom is -0.491 e. The Balaban J connectivity index is 1.57. The molecule has 7 heteroatoms. The molecule has 0 spiro atoms. The van der Waals surface area contributed by atoms with Crippen molar-refractivity contribution in [2.75, 3.05) is 20.2 Å². The summed E-state index contributed by atoms with van der Waals surface area (Å²) in [5, 5.41) is 1.20. The summed E-state index contributed by atoms with van der Waals surface area (Å²) in [6.45, 7) is 8.49. The van der Waals surface area contributed by atoms with Crippen LogP contribution in [0.5, 0.6) is 5.75 Å². The molecule has 3 aromatic rings. The van der Waals surface area contributed by atoms with Gasteiger partial charge in [-0.25, -0.2) is 8.42 Å². The summed E-state index contributed by atoms with van der Waals surface area (Å²) >= 11 is 0. The lowest BCUT2D eigenvalue weighted by Gasteiger charge is -2.17. The van der Waals surface area contributed by atoms with Crippen molar-refractivity contribution in [1.29, 1.82) is 0 Å². The van der Waals surface area contributed by atoms with Crippen LogP contribution in [0, 0.1) is 0 Å². The van der Waals surface area contributed by atoms with Gasteiger partial charge < -0.3 is 14.0 Å². The summed E-state index contributed by atoms with van der Waals surface area (Å²) in [5.74, 6) is 0.857. The molecule has 1 fully saturated rings. The van der Waals surface area contributed by atoms with Crippen LogP contribution in [0.25, 0.3) is 10.9 Å². The second kappa shape index (κ2) is 9.25. The van der Waals surface area contributed by atoms with Crippen molar-refractivity contribution in [3.8, 4) is 5.75 Å². The van der Waals surface area contributed by atoms with Crippen LogP contribution in [0.1, 0.15) is 44.2 Å². The van der Waals surface area contributed by atoms with E-state index in [-0.39, 0.29) is 12.0 Å². The second-order valence-electron chi connectivity index (χ2n) is 8.64. The number of hydrogen-bond acceptors (Lipinski definition) is 4. The minimum absolute atomic E-state index is 0.0487. The Morgan fingerprint density at radius 1 is 1.12 bits per heavy atom. The normalized spacial score (nSPS) is 17.5. The smallest absolute Gasteiger partial charge is 0.243 e. The molecule has 32 heavy (non-hydrogen) atoms. The van der Waals surface area contributed by atoms with Gasteiger partial charge in [-0.2, -0.15) is 4.31 Å². The van der Waals surface area contributed by atoms with Crippen LogP contribution >= 0.6 is 0 Å². The van der Waals surface area contributed by atoms with Crippen molar-refractivity contribution >= 4 is 20.9 Å². The molecular weight excluding hydrogens is 424 g/mol. The van der Waals surface area contributed by atoms with E-state index >= 15 is 0 Å². The van der Waals surface area contributed by atoms with Crippen LogP contribution in [-0.2, 0) is 27.9 Å². The topological polar surface area (TPSA) is 60.8 Å². The fraction of sp³-hybridized carbons (Fsp3) is 0.440. The van der Waals surface area contributed by atoms with Crippen molar-refractivity contribution in [3.05, 3.63) is 59.8 Å². The molecule has 4 rings (SSSR count). The SMILES string of the molecule is CCn1cc(C2CCN(S(=O)(=O)c3ccc(OC(C)C)cc3)C2)c2ccc(COC)cc21. The monoisotopic (exact) mass is 456 g/mol.